The summed E-state index contributed by atoms with van der Waals surface area (Å²) >= 11 is 9.44. The van der Waals surface area contributed by atoms with Gasteiger partial charge in [-0.3, -0.25) is 0 Å². The van der Waals surface area contributed by atoms with Gasteiger partial charge in [0.2, 0.25) is 0 Å². The molecule has 5 heteroatoms. The van der Waals surface area contributed by atoms with E-state index in [-0.39, 0.29) is 6.10 Å². The molecule has 88 valence electrons. The summed E-state index contributed by atoms with van der Waals surface area (Å²) in [7, 11) is 0. The second-order valence-corrected chi connectivity index (χ2v) is 5.04. The van der Waals surface area contributed by atoms with E-state index in [1.54, 1.807) is 0 Å². The lowest BCUT2D eigenvalue weighted by Gasteiger charge is -2.10. The van der Waals surface area contributed by atoms with Crippen LogP contribution in [-0.2, 0) is 17.6 Å². The molecule has 0 N–H and O–H groups in total. The molecule has 1 aliphatic heterocycles. The van der Waals surface area contributed by atoms with E-state index in [1.807, 2.05) is 0 Å². The van der Waals surface area contributed by atoms with Gasteiger partial charge in [-0.05, 0) is 35.2 Å². The van der Waals surface area contributed by atoms with E-state index >= 15 is 0 Å². The molecule has 1 unspecified atom stereocenters. The maximum atomic E-state index is 6.04. The van der Waals surface area contributed by atoms with Crippen molar-refractivity contribution in [2.45, 2.75) is 38.7 Å². The van der Waals surface area contributed by atoms with Gasteiger partial charge in [0.1, 0.15) is 11.0 Å². The van der Waals surface area contributed by atoms with Crippen LogP contribution in [0.2, 0.25) is 5.15 Å². The molecule has 1 aromatic rings. The second kappa shape index (κ2) is 5.43. The highest BCUT2D eigenvalue weighted by Crippen LogP contribution is 2.25. The Morgan fingerprint density at radius 3 is 2.94 bits per heavy atom. The molecule has 16 heavy (non-hydrogen) atoms. The Hall–Kier alpha value is -0.190. The van der Waals surface area contributed by atoms with Crippen molar-refractivity contribution in [2.24, 2.45) is 0 Å². The topological polar surface area (TPSA) is 35.0 Å². The van der Waals surface area contributed by atoms with Crippen LogP contribution in [0.1, 0.15) is 31.3 Å². The first-order valence-electron chi connectivity index (χ1n) is 5.53. The van der Waals surface area contributed by atoms with Gasteiger partial charge in [-0.15, -0.1) is 0 Å². The van der Waals surface area contributed by atoms with Crippen LogP contribution in [0.3, 0.4) is 0 Å². The fraction of sp³-hybridized carbons (Fsp3) is 0.636. The van der Waals surface area contributed by atoms with E-state index in [0.717, 1.165) is 48.3 Å². The van der Waals surface area contributed by atoms with Crippen LogP contribution >= 0.6 is 27.5 Å². The van der Waals surface area contributed by atoms with Crippen molar-refractivity contribution in [1.29, 1.82) is 0 Å². The van der Waals surface area contributed by atoms with Crippen LogP contribution in [0.4, 0.5) is 0 Å². The minimum atomic E-state index is 0.266. The summed E-state index contributed by atoms with van der Waals surface area (Å²) in [5.41, 5.74) is 0.966. The van der Waals surface area contributed by atoms with Crippen molar-refractivity contribution in [3.05, 3.63) is 21.1 Å². The van der Waals surface area contributed by atoms with Gasteiger partial charge in [0, 0.05) is 13.0 Å². The lowest BCUT2D eigenvalue weighted by molar-refractivity contribution is 0.110. The van der Waals surface area contributed by atoms with E-state index in [2.05, 4.69) is 32.8 Å². The number of hydrogen-bond donors (Lipinski definition) is 0. The van der Waals surface area contributed by atoms with Gasteiger partial charge in [-0.25, -0.2) is 9.97 Å². The zero-order valence-corrected chi connectivity index (χ0v) is 11.5. The largest absolute Gasteiger partial charge is 0.378 e. The Balaban J connectivity index is 2.17. The Labute approximate surface area is 109 Å². The third-order valence-corrected chi connectivity index (χ3v) is 4.03. The van der Waals surface area contributed by atoms with Gasteiger partial charge >= 0.3 is 0 Å². The zero-order valence-electron chi connectivity index (χ0n) is 9.17. The highest BCUT2D eigenvalue weighted by Gasteiger charge is 2.18. The lowest BCUT2D eigenvalue weighted by Crippen LogP contribution is -2.13. The van der Waals surface area contributed by atoms with E-state index < -0.39 is 0 Å². The fourth-order valence-electron chi connectivity index (χ4n) is 1.85. The Morgan fingerprint density at radius 2 is 2.31 bits per heavy atom. The molecule has 2 heterocycles. The molecule has 1 aromatic heterocycles. The summed E-state index contributed by atoms with van der Waals surface area (Å²) in [6.45, 7) is 2.91. The van der Waals surface area contributed by atoms with E-state index in [9.17, 15) is 0 Å². The van der Waals surface area contributed by atoms with E-state index in [0.29, 0.717) is 5.15 Å². The van der Waals surface area contributed by atoms with Gasteiger partial charge in [-0.2, -0.15) is 0 Å². The summed E-state index contributed by atoms with van der Waals surface area (Å²) in [5, 5.41) is 0.500. The number of aryl methyl sites for hydroxylation is 1. The average molecular weight is 306 g/mol. The number of ether oxygens (including phenoxy) is 1. The summed E-state index contributed by atoms with van der Waals surface area (Å²) in [5.74, 6) is 0.789. The Kier molecular flexibility index (Phi) is 4.16. The molecular weight excluding hydrogens is 291 g/mol. The maximum absolute atomic E-state index is 6.04. The average Bonchev–Trinajstić information content (AvgIpc) is 2.76. The first kappa shape index (κ1) is 12.3. The van der Waals surface area contributed by atoms with Crippen LogP contribution < -0.4 is 0 Å². The highest BCUT2D eigenvalue weighted by atomic mass is 79.9. The van der Waals surface area contributed by atoms with Gasteiger partial charge in [0.15, 0.2) is 0 Å². The van der Waals surface area contributed by atoms with E-state index in [4.69, 9.17) is 16.3 Å². The van der Waals surface area contributed by atoms with Gasteiger partial charge < -0.3 is 4.74 Å². The molecule has 2 rings (SSSR count). The number of nitrogens with zero attached hydrogens (tertiary/aromatic N) is 2. The predicted molar refractivity (Wildman–Crippen MR) is 66.8 cm³/mol. The van der Waals surface area contributed by atoms with Crippen LogP contribution in [-0.4, -0.2) is 22.7 Å². The molecule has 1 saturated heterocycles. The SMILES string of the molecule is CCc1nc(CC2CCCO2)nc(Cl)c1Br. The maximum Gasteiger partial charge on any atom is 0.147 e. The van der Waals surface area contributed by atoms with Gasteiger partial charge in [-0.1, -0.05) is 18.5 Å². The first-order valence-corrected chi connectivity index (χ1v) is 6.70. The number of hydrogen-bond acceptors (Lipinski definition) is 3. The molecule has 3 nitrogen and oxygen atoms in total. The minimum Gasteiger partial charge on any atom is -0.378 e. The molecule has 1 atom stereocenters. The summed E-state index contributed by atoms with van der Waals surface area (Å²) in [4.78, 5) is 8.76. The quantitative estimate of drug-likeness (QED) is 0.805. The fourth-order valence-corrected chi connectivity index (χ4v) is 2.51. The van der Waals surface area contributed by atoms with Crippen LogP contribution in [0.5, 0.6) is 0 Å². The molecule has 0 radical (unpaired) electrons. The van der Waals surface area contributed by atoms with Crippen molar-refractivity contribution < 1.29 is 4.74 Å². The number of rotatable bonds is 3. The molecule has 1 aliphatic rings. The molecule has 0 saturated carbocycles. The van der Waals surface area contributed by atoms with Crippen molar-refractivity contribution in [2.75, 3.05) is 6.61 Å². The van der Waals surface area contributed by atoms with Crippen molar-refractivity contribution >= 4 is 27.5 Å². The first-order chi connectivity index (χ1) is 7.70. The van der Waals surface area contributed by atoms with Crippen LogP contribution in [0.25, 0.3) is 0 Å². The molecule has 0 bridgehead atoms. The Morgan fingerprint density at radius 1 is 1.50 bits per heavy atom. The third kappa shape index (κ3) is 2.73. The van der Waals surface area contributed by atoms with E-state index in [1.165, 1.54) is 0 Å². The summed E-state index contributed by atoms with van der Waals surface area (Å²) in [6, 6.07) is 0. The molecule has 0 spiro atoms. The summed E-state index contributed by atoms with van der Waals surface area (Å²) in [6.07, 6.45) is 4.11. The van der Waals surface area contributed by atoms with Crippen LogP contribution in [0.15, 0.2) is 4.47 Å². The van der Waals surface area contributed by atoms with Crippen molar-refractivity contribution in [3.63, 3.8) is 0 Å². The molecule has 0 aliphatic carbocycles. The van der Waals surface area contributed by atoms with Crippen molar-refractivity contribution in [1.82, 2.24) is 9.97 Å². The molecule has 1 fully saturated rings. The van der Waals surface area contributed by atoms with Crippen molar-refractivity contribution in [3.8, 4) is 0 Å². The zero-order chi connectivity index (χ0) is 11.5. The van der Waals surface area contributed by atoms with Gasteiger partial charge in [0.25, 0.3) is 0 Å². The monoisotopic (exact) mass is 304 g/mol. The predicted octanol–water partition coefficient (Wildman–Crippen LogP) is 3.18. The lowest BCUT2D eigenvalue weighted by atomic mass is 10.2. The molecular formula is C11H14BrClN2O. The molecule has 0 aromatic carbocycles. The molecule has 0 amide bonds. The Bertz CT molecular complexity index is 380. The standard InChI is InChI=1S/C11H14BrClN2O/c1-2-8-10(12)11(13)15-9(14-8)6-7-4-3-5-16-7/h7H,2-6H2,1H3. The highest BCUT2D eigenvalue weighted by molar-refractivity contribution is 9.10. The minimum absolute atomic E-state index is 0.266. The number of aromatic nitrogens is 2. The second-order valence-electron chi connectivity index (χ2n) is 3.88. The normalized spacial score (nSPS) is 20.3. The smallest absolute Gasteiger partial charge is 0.147 e. The third-order valence-electron chi connectivity index (χ3n) is 2.69. The van der Waals surface area contributed by atoms with Crippen LogP contribution in [0, 0.1) is 0 Å². The van der Waals surface area contributed by atoms with Gasteiger partial charge in [0.05, 0.1) is 16.3 Å². The summed E-state index contributed by atoms with van der Waals surface area (Å²) < 4.78 is 6.38. The number of halogens is 2.